The Morgan fingerprint density at radius 3 is 2.64 bits per heavy atom. The van der Waals surface area contributed by atoms with Crippen LogP contribution in [0.4, 0.5) is 5.82 Å². The number of nitrogen functional groups attached to an aromatic ring is 1. The van der Waals surface area contributed by atoms with Crippen LogP contribution in [0.3, 0.4) is 0 Å². The molecule has 0 saturated heterocycles. The second-order valence-corrected chi connectivity index (χ2v) is 3.10. The fourth-order valence-corrected chi connectivity index (χ4v) is 1.14. The second kappa shape index (κ2) is 3.10. The third kappa shape index (κ3) is 1.44. The molecule has 2 heterocycles. The van der Waals surface area contributed by atoms with Crippen LogP contribution in [0.25, 0.3) is 11.6 Å². The predicted molar refractivity (Wildman–Crippen MR) is 53.5 cm³/mol. The lowest BCUT2D eigenvalue weighted by Crippen LogP contribution is -1.95. The molecular formula is C9H11N5. The molecule has 3 N–H and O–H groups in total. The first-order chi connectivity index (χ1) is 6.66. The van der Waals surface area contributed by atoms with E-state index in [4.69, 9.17) is 5.73 Å². The van der Waals surface area contributed by atoms with Gasteiger partial charge in [0.05, 0.1) is 5.69 Å². The van der Waals surface area contributed by atoms with Crippen molar-refractivity contribution in [1.82, 2.24) is 19.9 Å². The summed E-state index contributed by atoms with van der Waals surface area (Å²) in [6, 6.07) is 1.64. The molecule has 2 aromatic heterocycles. The molecule has 72 valence electrons. The van der Waals surface area contributed by atoms with Crippen molar-refractivity contribution in [3.05, 3.63) is 23.7 Å². The van der Waals surface area contributed by atoms with Crippen LogP contribution < -0.4 is 5.73 Å². The van der Waals surface area contributed by atoms with Crippen molar-refractivity contribution in [3.63, 3.8) is 0 Å². The van der Waals surface area contributed by atoms with Crippen LogP contribution in [0.2, 0.25) is 0 Å². The molecule has 2 aromatic rings. The van der Waals surface area contributed by atoms with E-state index in [0.717, 1.165) is 11.4 Å². The van der Waals surface area contributed by atoms with Crippen LogP contribution in [0.15, 0.2) is 12.3 Å². The highest BCUT2D eigenvalue weighted by Crippen LogP contribution is 2.13. The Bertz CT molecular complexity index is 440. The number of nitrogens with two attached hydrogens (primary N) is 1. The number of aromatic nitrogens is 4. The summed E-state index contributed by atoms with van der Waals surface area (Å²) in [5, 5.41) is 0. The van der Waals surface area contributed by atoms with E-state index in [9.17, 15) is 0 Å². The van der Waals surface area contributed by atoms with Gasteiger partial charge < -0.3 is 10.7 Å². The summed E-state index contributed by atoms with van der Waals surface area (Å²) in [6.45, 7) is 3.89. The Balaban J connectivity index is 2.49. The monoisotopic (exact) mass is 189 g/mol. The number of hydrogen-bond donors (Lipinski definition) is 2. The molecule has 5 nitrogen and oxygen atoms in total. The average molecular weight is 189 g/mol. The van der Waals surface area contributed by atoms with Crippen molar-refractivity contribution in [2.75, 3.05) is 5.73 Å². The van der Waals surface area contributed by atoms with E-state index >= 15 is 0 Å². The first-order valence-electron chi connectivity index (χ1n) is 4.29. The Kier molecular flexibility index (Phi) is 1.92. The van der Waals surface area contributed by atoms with Gasteiger partial charge in [-0.1, -0.05) is 0 Å². The van der Waals surface area contributed by atoms with E-state index in [2.05, 4.69) is 19.9 Å². The number of aromatic amines is 1. The Hall–Kier alpha value is -1.91. The lowest BCUT2D eigenvalue weighted by Gasteiger charge is -1.95. The maximum Gasteiger partial charge on any atom is 0.197 e. The summed E-state index contributed by atoms with van der Waals surface area (Å²) in [4.78, 5) is 15.5. The van der Waals surface area contributed by atoms with Crippen molar-refractivity contribution >= 4 is 5.82 Å². The fraction of sp³-hybridized carbons (Fsp3) is 0.222. The van der Waals surface area contributed by atoms with Crippen LogP contribution in [0, 0.1) is 13.8 Å². The van der Waals surface area contributed by atoms with Crippen LogP contribution in [0.1, 0.15) is 11.4 Å². The number of rotatable bonds is 1. The Labute approximate surface area is 81.4 Å². The van der Waals surface area contributed by atoms with Crippen molar-refractivity contribution in [2.45, 2.75) is 13.8 Å². The molecule has 0 aliphatic rings. The number of anilines is 1. The average Bonchev–Trinajstić information content (AvgIpc) is 2.47. The number of aryl methyl sites for hydroxylation is 2. The normalized spacial score (nSPS) is 10.4. The van der Waals surface area contributed by atoms with Crippen molar-refractivity contribution < 1.29 is 0 Å². The first kappa shape index (κ1) is 8.68. The third-order valence-corrected chi connectivity index (χ3v) is 2.02. The summed E-state index contributed by atoms with van der Waals surface area (Å²) in [7, 11) is 0. The summed E-state index contributed by atoms with van der Waals surface area (Å²) >= 11 is 0. The van der Waals surface area contributed by atoms with Crippen LogP contribution in [-0.2, 0) is 0 Å². The minimum atomic E-state index is 0.446. The molecule has 0 radical (unpaired) electrons. The van der Waals surface area contributed by atoms with Gasteiger partial charge in [0.15, 0.2) is 11.6 Å². The van der Waals surface area contributed by atoms with E-state index in [1.165, 1.54) is 0 Å². The van der Waals surface area contributed by atoms with Gasteiger partial charge in [-0.3, -0.25) is 0 Å². The van der Waals surface area contributed by atoms with Gasteiger partial charge in [0.1, 0.15) is 5.82 Å². The molecule has 0 fully saturated rings. The zero-order valence-electron chi connectivity index (χ0n) is 8.07. The summed E-state index contributed by atoms with van der Waals surface area (Å²) in [6.07, 6.45) is 1.62. The zero-order chi connectivity index (χ0) is 10.1. The minimum Gasteiger partial charge on any atom is -0.384 e. The lowest BCUT2D eigenvalue weighted by atomic mass is 10.4. The lowest BCUT2D eigenvalue weighted by molar-refractivity contribution is 1.12. The molecule has 0 aliphatic heterocycles. The molecule has 0 aromatic carbocycles. The van der Waals surface area contributed by atoms with Crippen LogP contribution in [-0.4, -0.2) is 19.9 Å². The number of nitrogens with one attached hydrogen (secondary N) is 1. The van der Waals surface area contributed by atoms with Gasteiger partial charge in [-0.05, 0) is 19.9 Å². The fourth-order valence-electron chi connectivity index (χ4n) is 1.14. The van der Waals surface area contributed by atoms with Crippen LogP contribution >= 0.6 is 0 Å². The molecule has 0 spiro atoms. The number of nitrogens with zero attached hydrogens (tertiary/aromatic N) is 3. The van der Waals surface area contributed by atoms with Crippen LogP contribution in [0.5, 0.6) is 0 Å². The summed E-state index contributed by atoms with van der Waals surface area (Å²) in [5.74, 6) is 1.63. The summed E-state index contributed by atoms with van der Waals surface area (Å²) in [5.41, 5.74) is 7.52. The maximum atomic E-state index is 5.55. The molecule has 0 saturated carbocycles. The topological polar surface area (TPSA) is 80.5 Å². The van der Waals surface area contributed by atoms with Gasteiger partial charge in [0, 0.05) is 11.9 Å². The molecule has 0 amide bonds. The number of hydrogen-bond acceptors (Lipinski definition) is 4. The van der Waals surface area contributed by atoms with Gasteiger partial charge in [0.2, 0.25) is 0 Å². The third-order valence-electron chi connectivity index (χ3n) is 2.02. The first-order valence-corrected chi connectivity index (χ1v) is 4.29. The highest BCUT2D eigenvalue weighted by atomic mass is 15.0. The second-order valence-electron chi connectivity index (χ2n) is 3.10. The van der Waals surface area contributed by atoms with Crippen molar-refractivity contribution in [2.24, 2.45) is 0 Å². The molecular weight excluding hydrogens is 178 g/mol. The highest BCUT2D eigenvalue weighted by Gasteiger charge is 2.07. The van der Waals surface area contributed by atoms with Gasteiger partial charge >= 0.3 is 0 Å². The van der Waals surface area contributed by atoms with E-state index in [-0.39, 0.29) is 0 Å². The molecule has 0 unspecified atom stereocenters. The standard InChI is InChI=1S/C9H11N5/c1-5-6(2)13-9(12-5)8-11-4-3-7(10)14-8/h3-4H,1-2H3,(H,12,13)(H2,10,11,14). The Morgan fingerprint density at radius 1 is 1.29 bits per heavy atom. The van der Waals surface area contributed by atoms with Crippen molar-refractivity contribution in [1.29, 1.82) is 0 Å². The highest BCUT2D eigenvalue weighted by molar-refractivity contribution is 5.47. The van der Waals surface area contributed by atoms with E-state index < -0.39 is 0 Å². The van der Waals surface area contributed by atoms with E-state index in [0.29, 0.717) is 17.5 Å². The molecule has 5 heteroatoms. The van der Waals surface area contributed by atoms with Gasteiger partial charge in [-0.15, -0.1) is 0 Å². The summed E-state index contributed by atoms with van der Waals surface area (Å²) < 4.78 is 0. The molecule has 0 atom stereocenters. The van der Waals surface area contributed by atoms with E-state index in [1.54, 1.807) is 12.3 Å². The number of H-pyrrole nitrogens is 1. The largest absolute Gasteiger partial charge is 0.384 e. The SMILES string of the molecule is Cc1nc(-c2nccc(N)n2)[nH]c1C. The predicted octanol–water partition coefficient (Wildman–Crippen LogP) is 1.07. The van der Waals surface area contributed by atoms with E-state index in [1.807, 2.05) is 13.8 Å². The quantitative estimate of drug-likeness (QED) is 0.703. The number of imidazole rings is 1. The Morgan fingerprint density at radius 2 is 2.07 bits per heavy atom. The molecule has 2 rings (SSSR count). The van der Waals surface area contributed by atoms with Gasteiger partial charge in [0.25, 0.3) is 0 Å². The smallest absolute Gasteiger partial charge is 0.197 e. The molecule has 14 heavy (non-hydrogen) atoms. The maximum absolute atomic E-state index is 5.55. The van der Waals surface area contributed by atoms with Crippen molar-refractivity contribution in [3.8, 4) is 11.6 Å². The van der Waals surface area contributed by atoms with Gasteiger partial charge in [-0.25, -0.2) is 15.0 Å². The molecule has 0 bridgehead atoms. The molecule has 0 aliphatic carbocycles. The minimum absolute atomic E-state index is 0.446. The van der Waals surface area contributed by atoms with Gasteiger partial charge in [-0.2, -0.15) is 0 Å². The zero-order valence-corrected chi connectivity index (χ0v) is 8.07.